The number of hydrogen-bond donors (Lipinski definition) is 2. The second-order valence-corrected chi connectivity index (χ2v) is 6.12. The SMILES string of the molecule is CCCc1sc2c(NCc3ccco3)snc2c1O. The molecule has 0 aliphatic rings. The number of rotatable bonds is 5. The second-order valence-electron chi connectivity index (χ2n) is 4.25. The lowest BCUT2D eigenvalue weighted by Gasteiger charge is -1.99. The summed E-state index contributed by atoms with van der Waals surface area (Å²) in [6, 6.07) is 3.80. The van der Waals surface area contributed by atoms with Crippen molar-refractivity contribution < 1.29 is 9.52 Å². The lowest BCUT2D eigenvalue weighted by Crippen LogP contribution is -1.95. The zero-order valence-electron chi connectivity index (χ0n) is 10.5. The highest BCUT2D eigenvalue weighted by molar-refractivity contribution is 7.25. The Kier molecular flexibility index (Phi) is 3.44. The van der Waals surface area contributed by atoms with Crippen LogP contribution in [0.2, 0.25) is 0 Å². The van der Waals surface area contributed by atoms with Gasteiger partial charge in [0.2, 0.25) is 0 Å². The summed E-state index contributed by atoms with van der Waals surface area (Å²) in [5.41, 5.74) is 0.723. The fourth-order valence-corrected chi connectivity index (χ4v) is 4.04. The van der Waals surface area contributed by atoms with Crippen molar-refractivity contribution in [1.82, 2.24) is 4.37 Å². The van der Waals surface area contributed by atoms with Gasteiger partial charge < -0.3 is 14.8 Å². The molecule has 0 saturated heterocycles. The van der Waals surface area contributed by atoms with Crippen LogP contribution in [-0.4, -0.2) is 9.48 Å². The normalized spacial score (nSPS) is 11.2. The molecule has 19 heavy (non-hydrogen) atoms. The van der Waals surface area contributed by atoms with E-state index < -0.39 is 0 Å². The largest absolute Gasteiger partial charge is 0.505 e. The second kappa shape index (κ2) is 5.22. The number of anilines is 1. The summed E-state index contributed by atoms with van der Waals surface area (Å²) in [7, 11) is 0. The lowest BCUT2D eigenvalue weighted by atomic mass is 10.2. The monoisotopic (exact) mass is 294 g/mol. The van der Waals surface area contributed by atoms with Gasteiger partial charge in [-0.3, -0.25) is 0 Å². The molecule has 3 heterocycles. The number of fused-ring (bicyclic) bond motifs is 1. The van der Waals surface area contributed by atoms with Crippen molar-refractivity contribution >= 4 is 38.1 Å². The zero-order chi connectivity index (χ0) is 13.2. The van der Waals surface area contributed by atoms with Gasteiger partial charge in [-0.15, -0.1) is 11.3 Å². The van der Waals surface area contributed by atoms with Gasteiger partial charge in [0.1, 0.15) is 16.3 Å². The van der Waals surface area contributed by atoms with Crippen LogP contribution in [0.15, 0.2) is 22.8 Å². The topological polar surface area (TPSA) is 58.3 Å². The van der Waals surface area contributed by atoms with Crippen molar-refractivity contribution in [2.45, 2.75) is 26.3 Å². The summed E-state index contributed by atoms with van der Waals surface area (Å²) in [4.78, 5) is 1.02. The van der Waals surface area contributed by atoms with E-state index in [1.165, 1.54) is 11.5 Å². The van der Waals surface area contributed by atoms with Crippen molar-refractivity contribution in [3.8, 4) is 5.75 Å². The maximum absolute atomic E-state index is 10.1. The van der Waals surface area contributed by atoms with E-state index >= 15 is 0 Å². The van der Waals surface area contributed by atoms with Crippen LogP contribution in [0.25, 0.3) is 10.2 Å². The minimum atomic E-state index is 0.351. The fraction of sp³-hybridized carbons (Fsp3) is 0.308. The molecule has 3 rings (SSSR count). The lowest BCUT2D eigenvalue weighted by molar-refractivity contribution is 0.476. The van der Waals surface area contributed by atoms with Gasteiger partial charge in [-0.05, 0) is 30.1 Å². The summed E-state index contributed by atoms with van der Waals surface area (Å²) >= 11 is 3.00. The Balaban J connectivity index is 1.85. The molecule has 0 aromatic carbocycles. The van der Waals surface area contributed by atoms with Gasteiger partial charge in [0.25, 0.3) is 0 Å². The van der Waals surface area contributed by atoms with E-state index in [0.29, 0.717) is 12.3 Å². The van der Waals surface area contributed by atoms with Crippen LogP contribution in [0.1, 0.15) is 24.0 Å². The van der Waals surface area contributed by atoms with Crippen LogP contribution in [-0.2, 0) is 13.0 Å². The highest BCUT2D eigenvalue weighted by Crippen LogP contribution is 2.43. The molecule has 3 aromatic heterocycles. The van der Waals surface area contributed by atoms with Crippen molar-refractivity contribution in [2.75, 3.05) is 5.32 Å². The van der Waals surface area contributed by atoms with E-state index in [2.05, 4.69) is 16.6 Å². The third-order valence-corrected chi connectivity index (χ3v) is 5.02. The molecule has 6 heteroatoms. The molecule has 4 nitrogen and oxygen atoms in total. The van der Waals surface area contributed by atoms with Crippen molar-refractivity contribution in [3.63, 3.8) is 0 Å². The highest BCUT2D eigenvalue weighted by atomic mass is 32.1. The van der Waals surface area contributed by atoms with Gasteiger partial charge in [-0.2, -0.15) is 4.37 Å². The molecule has 0 aliphatic heterocycles. The van der Waals surface area contributed by atoms with Crippen LogP contribution < -0.4 is 5.32 Å². The Morgan fingerprint density at radius 3 is 3.11 bits per heavy atom. The molecule has 0 aliphatic carbocycles. The van der Waals surface area contributed by atoms with E-state index in [4.69, 9.17) is 4.42 Å². The number of aryl methyl sites for hydroxylation is 1. The van der Waals surface area contributed by atoms with E-state index in [1.54, 1.807) is 17.6 Å². The number of hydrogen-bond acceptors (Lipinski definition) is 6. The molecular weight excluding hydrogens is 280 g/mol. The maximum Gasteiger partial charge on any atom is 0.156 e. The standard InChI is InChI=1S/C13H14N2O2S2/c1-2-4-9-11(16)10-12(18-9)13(19-15-10)14-7-8-5-3-6-17-8/h3,5-6,14,16H,2,4,7H2,1H3. The van der Waals surface area contributed by atoms with Gasteiger partial charge in [0.05, 0.1) is 17.5 Å². The van der Waals surface area contributed by atoms with Gasteiger partial charge in [0, 0.05) is 4.88 Å². The molecule has 0 bridgehead atoms. The first-order valence-electron chi connectivity index (χ1n) is 6.16. The molecule has 2 N–H and O–H groups in total. The van der Waals surface area contributed by atoms with Crippen molar-refractivity contribution in [2.24, 2.45) is 0 Å². The Morgan fingerprint density at radius 1 is 1.47 bits per heavy atom. The molecule has 0 amide bonds. The zero-order valence-corrected chi connectivity index (χ0v) is 12.1. The number of nitrogens with zero attached hydrogens (tertiary/aromatic N) is 1. The minimum absolute atomic E-state index is 0.351. The number of furan rings is 1. The third kappa shape index (κ3) is 2.33. The number of thiophene rings is 1. The summed E-state index contributed by atoms with van der Waals surface area (Å²) in [6.07, 6.45) is 3.58. The van der Waals surface area contributed by atoms with E-state index in [0.717, 1.165) is 38.7 Å². The summed E-state index contributed by atoms with van der Waals surface area (Å²) in [5.74, 6) is 1.24. The summed E-state index contributed by atoms with van der Waals surface area (Å²) in [6.45, 7) is 2.74. The summed E-state index contributed by atoms with van der Waals surface area (Å²) in [5, 5.41) is 14.4. The first-order chi connectivity index (χ1) is 9.29. The third-order valence-electron chi connectivity index (χ3n) is 2.84. The first kappa shape index (κ1) is 12.5. The smallest absolute Gasteiger partial charge is 0.156 e. The van der Waals surface area contributed by atoms with Crippen molar-refractivity contribution in [3.05, 3.63) is 29.0 Å². The Morgan fingerprint density at radius 2 is 2.37 bits per heavy atom. The molecule has 0 unspecified atom stereocenters. The quantitative estimate of drug-likeness (QED) is 0.739. The number of aromatic nitrogens is 1. The predicted molar refractivity (Wildman–Crippen MR) is 79.2 cm³/mol. The average Bonchev–Trinajstić information content (AvgIpc) is 3.09. The minimum Gasteiger partial charge on any atom is -0.505 e. The number of nitrogens with one attached hydrogen (secondary N) is 1. The van der Waals surface area contributed by atoms with Crippen LogP contribution in [0, 0.1) is 0 Å². The summed E-state index contributed by atoms with van der Waals surface area (Å²) < 4.78 is 10.7. The van der Waals surface area contributed by atoms with Crippen LogP contribution in [0.5, 0.6) is 5.75 Å². The average molecular weight is 294 g/mol. The molecule has 0 radical (unpaired) electrons. The van der Waals surface area contributed by atoms with Gasteiger partial charge >= 0.3 is 0 Å². The molecule has 0 spiro atoms. The Labute approximate surface area is 118 Å². The van der Waals surface area contributed by atoms with Gasteiger partial charge in [0.15, 0.2) is 5.75 Å². The molecule has 0 saturated carbocycles. The van der Waals surface area contributed by atoms with Gasteiger partial charge in [-0.25, -0.2) is 0 Å². The number of aromatic hydroxyl groups is 1. The maximum atomic E-state index is 10.1. The highest BCUT2D eigenvalue weighted by Gasteiger charge is 2.17. The van der Waals surface area contributed by atoms with E-state index in [-0.39, 0.29) is 0 Å². The van der Waals surface area contributed by atoms with Crippen LogP contribution >= 0.6 is 22.9 Å². The molecule has 100 valence electrons. The van der Waals surface area contributed by atoms with Gasteiger partial charge in [-0.1, -0.05) is 13.3 Å². The van der Waals surface area contributed by atoms with Crippen LogP contribution in [0.3, 0.4) is 0 Å². The molecule has 3 aromatic rings. The molecule has 0 atom stereocenters. The van der Waals surface area contributed by atoms with E-state index in [9.17, 15) is 5.11 Å². The predicted octanol–water partition coefficient (Wildman–Crippen LogP) is 4.22. The first-order valence-corrected chi connectivity index (χ1v) is 7.74. The van der Waals surface area contributed by atoms with E-state index in [1.807, 2.05) is 12.1 Å². The van der Waals surface area contributed by atoms with Crippen molar-refractivity contribution in [1.29, 1.82) is 0 Å². The Bertz CT molecular complexity index is 670. The molecule has 0 fully saturated rings. The Hall–Kier alpha value is -1.53. The molecular formula is C13H14N2O2S2. The van der Waals surface area contributed by atoms with Crippen LogP contribution in [0.4, 0.5) is 5.00 Å². The fourth-order valence-electron chi connectivity index (χ4n) is 1.92.